The first-order chi connectivity index (χ1) is 8.29. The van der Waals surface area contributed by atoms with Crippen LogP contribution < -0.4 is 4.72 Å². The molecule has 6 nitrogen and oxygen atoms in total. The zero-order chi connectivity index (χ0) is 13.9. The lowest BCUT2D eigenvalue weighted by Crippen LogP contribution is -2.27. The Morgan fingerprint density at radius 2 is 2.06 bits per heavy atom. The fourth-order valence-corrected chi connectivity index (χ4v) is 3.01. The Balaban J connectivity index is 3.37. The van der Waals surface area contributed by atoms with Crippen molar-refractivity contribution in [2.45, 2.75) is 11.8 Å². The van der Waals surface area contributed by atoms with Crippen LogP contribution in [0, 0.1) is 6.92 Å². The fourth-order valence-electron chi connectivity index (χ4n) is 1.41. The molecule has 1 rings (SSSR count). The molecular weight excluding hydrogens is 282 g/mol. The minimum Gasteiger partial charge on any atom is -0.478 e. The predicted octanol–water partition coefficient (Wildman–Crippen LogP) is 0.617. The lowest BCUT2D eigenvalue weighted by Gasteiger charge is -2.11. The largest absolute Gasteiger partial charge is 0.478 e. The second kappa shape index (κ2) is 5.66. The van der Waals surface area contributed by atoms with Crippen LogP contribution in [-0.4, -0.2) is 37.8 Å². The van der Waals surface area contributed by atoms with Gasteiger partial charge >= 0.3 is 5.97 Å². The minimum absolute atomic E-state index is 0.0161. The first kappa shape index (κ1) is 14.9. The first-order valence-corrected chi connectivity index (χ1v) is 6.79. The minimum atomic E-state index is -3.89. The third kappa shape index (κ3) is 3.20. The molecule has 0 aromatic heterocycles. The topological polar surface area (TPSA) is 104 Å². The molecule has 0 fully saturated rings. The van der Waals surface area contributed by atoms with Crippen LogP contribution in [0.15, 0.2) is 17.0 Å². The van der Waals surface area contributed by atoms with Gasteiger partial charge in [-0.25, -0.2) is 17.9 Å². The van der Waals surface area contributed by atoms with E-state index in [2.05, 4.69) is 4.72 Å². The van der Waals surface area contributed by atoms with Crippen molar-refractivity contribution in [1.29, 1.82) is 0 Å². The quantitative estimate of drug-likeness (QED) is 0.738. The van der Waals surface area contributed by atoms with Crippen molar-refractivity contribution in [2.75, 3.05) is 13.2 Å². The molecule has 0 aliphatic carbocycles. The molecule has 0 atom stereocenters. The van der Waals surface area contributed by atoms with Gasteiger partial charge in [-0.05, 0) is 24.6 Å². The summed E-state index contributed by atoms with van der Waals surface area (Å²) in [5.74, 6) is -1.26. The van der Waals surface area contributed by atoms with E-state index in [-0.39, 0.29) is 34.2 Å². The van der Waals surface area contributed by atoms with Gasteiger partial charge in [-0.15, -0.1) is 0 Å². The molecule has 0 heterocycles. The maximum absolute atomic E-state index is 11.9. The molecule has 0 aliphatic rings. The summed E-state index contributed by atoms with van der Waals surface area (Å²) in [7, 11) is -3.89. The Hall–Kier alpha value is -1.15. The van der Waals surface area contributed by atoms with Crippen molar-refractivity contribution >= 4 is 27.6 Å². The number of halogens is 1. The van der Waals surface area contributed by atoms with Crippen molar-refractivity contribution in [3.63, 3.8) is 0 Å². The number of aliphatic hydroxyl groups excluding tert-OH is 1. The fraction of sp³-hybridized carbons (Fsp3) is 0.300. The van der Waals surface area contributed by atoms with E-state index in [1.54, 1.807) is 0 Å². The molecule has 18 heavy (non-hydrogen) atoms. The number of hydrogen-bond acceptors (Lipinski definition) is 4. The lowest BCUT2D eigenvalue weighted by molar-refractivity contribution is 0.0696. The molecule has 1 aromatic rings. The Labute approximate surface area is 109 Å². The highest BCUT2D eigenvalue weighted by atomic mass is 35.5. The van der Waals surface area contributed by atoms with Gasteiger partial charge in [-0.2, -0.15) is 0 Å². The number of hydrogen-bond donors (Lipinski definition) is 3. The number of carboxylic acids is 1. The highest BCUT2D eigenvalue weighted by molar-refractivity contribution is 7.89. The molecule has 0 spiro atoms. The molecule has 0 radical (unpaired) electrons. The van der Waals surface area contributed by atoms with Crippen molar-refractivity contribution < 1.29 is 23.4 Å². The summed E-state index contributed by atoms with van der Waals surface area (Å²) in [6, 6.07) is 2.35. The number of aliphatic hydroxyl groups is 1. The zero-order valence-corrected chi connectivity index (χ0v) is 11.0. The van der Waals surface area contributed by atoms with Gasteiger partial charge in [0.15, 0.2) is 0 Å². The summed E-state index contributed by atoms with van der Waals surface area (Å²) in [6.45, 7) is 0.870. The Kier molecular flexibility index (Phi) is 4.69. The second-order valence-electron chi connectivity index (χ2n) is 3.50. The third-order valence-corrected chi connectivity index (χ3v) is 4.05. The van der Waals surface area contributed by atoms with Gasteiger partial charge in [0.25, 0.3) is 0 Å². The van der Waals surface area contributed by atoms with Crippen molar-refractivity contribution in [3.05, 3.63) is 28.3 Å². The number of carboxylic acid groups (broad SMARTS) is 1. The van der Waals surface area contributed by atoms with Crippen LogP contribution >= 0.6 is 11.6 Å². The SMILES string of the molecule is Cc1c(C(=O)O)cc(Cl)cc1S(=O)(=O)NCCO. The maximum atomic E-state index is 11.9. The van der Waals surface area contributed by atoms with E-state index in [1.165, 1.54) is 19.1 Å². The lowest BCUT2D eigenvalue weighted by atomic mass is 10.1. The molecule has 1 aromatic carbocycles. The van der Waals surface area contributed by atoms with Gasteiger partial charge in [0.05, 0.1) is 17.1 Å². The van der Waals surface area contributed by atoms with Gasteiger partial charge in [-0.3, -0.25) is 0 Å². The van der Waals surface area contributed by atoms with Crippen molar-refractivity contribution in [3.8, 4) is 0 Å². The number of nitrogens with one attached hydrogen (secondary N) is 1. The van der Waals surface area contributed by atoms with E-state index < -0.39 is 16.0 Å². The van der Waals surface area contributed by atoms with Crippen molar-refractivity contribution in [2.24, 2.45) is 0 Å². The zero-order valence-electron chi connectivity index (χ0n) is 9.47. The Morgan fingerprint density at radius 3 is 2.56 bits per heavy atom. The van der Waals surface area contributed by atoms with Crippen LogP contribution in [0.2, 0.25) is 5.02 Å². The summed E-state index contributed by atoms with van der Waals surface area (Å²) in [5, 5.41) is 17.6. The van der Waals surface area contributed by atoms with Crippen LogP contribution in [0.1, 0.15) is 15.9 Å². The Bertz CT molecular complexity index is 570. The standard InChI is InChI=1S/C10H12ClNO5S/c1-6-8(10(14)15)4-7(11)5-9(6)18(16,17)12-2-3-13/h4-5,12-13H,2-3H2,1H3,(H,14,15). The van der Waals surface area contributed by atoms with E-state index in [1.807, 2.05) is 0 Å². The molecule has 100 valence electrons. The smallest absolute Gasteiger partial charge is 0.336 e. The van der Waals surface area contributed by atoms with Gasteiger partial charge in [-0.1, -0.05) is 11.6 Å². The number of rotatable bonds is 5. The van der Waals surface area contributed by atoms with Gasteiger partial charge in [0.2, 0.25) is 10.0 Å². The first-order valence-electron chi connectivity index (χ1n) is 4.93. The van der Waals surface area contributed by atoms with Crippen LogP contribution in [0.5, 0.6) is 0 Å². The van der Waals surface area contributed by atoms with E-state index in [4.69, 9.17) is 21.8 Å². The Morgan fingerprint density at radius 1 is 1.44 bits per heavy atom. The number of benzene rings is 1. The molecule has 0 amide bonds. The summed E-state index contributed by atoms with van der Waals surface area (Å²) in [5.41, 5.74) is -0.0794. The molecule has 0 unspecified atom stereocenters. The summed E-state index contributed by atoms with van der Waals surface area (Å²) >= 11 is 5.70. The average molecular weight is 294 g/mol. The number of sulfonamides is 1. The molecule has 3 N–H and O–H groups in total. The maximum Gasteiger partial charge on any atom is 0.336 e. The molecule has 0 saturated carbocycles. The monoisotopic (exact) mass is 293 g/mol. The third-order valence-electron chi connectivity index (χ3n) is 2.25. The van der Waals surface area contributed by atoms with E-state index in [0.717, 1.165) is 0 Å². The van der Waals surface area contributed by atoms with Gasteiger partial charge in [0, 0.05) is 11.6 Å². The molecule has 0 saturated heterocycles. The van der Waals surface area contributed by atoms with Gasteiger partial charge < -0.3 is 10.2 Å². The number of aromatic carboxylic acids is 1. The van der Waals surface area contributed by atoms with Crippen LogP contribution in [0.3, 0.4) is 0 Å². The summed E-state index contributed by atoms with van der Waals surface area (Å²) in [6.07, 6.45) is 0. The van der Waals surface area contributed by atoms with Crippen molar-refractivity contribution in [1.82, 2.24) is 4.72 Å². The van der Waals surface area contributed by atoms with Crippen LogP contribution in [0.25, 0.3) is 0 Å². The normalized spacial score (nSPS) is 11.5. The van der Waals surface area contributed by atoms with Gasteiger partial charge in [0.1, 0.15) is 0 Å². The molecule has 0 aliphatic heterocycles. The summed E-state index contributed by atoms with van der Waals surface area (Å²) in [4.78, 5) is 10.7. The van der Waals surface area contributed by atoms with E-state index >= 15 is 0 Å². The molecular formula is C10H12ClNO5S. The number of carbonyl (C=O) groups is 1. The van der Waals surface area contributed by atoms with Crippen LogP contribution in [0.4, 0.5) is 0 Å². The molecule has 8 heteroatoms. The highest BCUT2D eigenvalue weighted by Gasteiger charge is 2.21. The second-order valence-corrected chi connectivity index (χ2v) is 5.67. The highest BCUT2D eigenvalue weighted by Crippen LogP contribution is 2.24. The predicted molar refractivity (Wildman–Crippen MR) is 65.4 cm³/mol. The van der Waals surface area contributed by atoms with E-state index in [0.29, 0.717) is 0 Å². The van der Waals surface area contributed by atoms with E-state index in [9.17, 15) is 13.2 Å². The summed E-state index contributed by atoms with van der Waals surface area (Å²) < 4.78 is 25.9. The average Bonchev–Trinajstić information content (AvgIpc) is 2.28. The molecule has 0 bridgehead atoms. The van der Waals surface area contributed by atoms with Crippen LogP contribution in [-0.2, 0) is 10.0 Å².